The average molecular weight is 277 g/mol. The number of nitrogens with one attached hydrogen (secondary N) is 1. The molecule has 0 unspecified atom stereocenters. The van der Waals surface area contributed by atoms with E-state index in [4.69, 9.17) is 5.11 Å². The van der Waals surface area contributed by atoms with Crippen molar-refractivity contribution in [1.29, 1.82) is 0 Å². The van der Waals surface area contributed by atoms with Gasteiger partial charge in [-0.15, -0.1) is 0 Å². The predicted octanol–water partition coefficient (Wildman–Crippen LogP) is 1.21. The fourth-order valence-electron chi connectivity index (χ4n) is 1.61. The van der Waals surface area contributed by atoms with Crippen LogP contribution in [0.4, 0.5) is 0 Å². The Bertz CT molecular complexity index is 584. The summed E-state index contributed by atoms with van der Waals surface area (Å²) in [6.45, 7) is 0.348. The number of carboxylic acid groups (broad SMARTS) is 1. The van der Waals surface area contributed by atoms with Gasteiger partial charge in [0.2, 0.25) is 0 Å². The first kappa shape index (κ1) is 13.2. The van der Waals surface area contributed by atoms with Crippen LogP contribution in [0, 0.1) is 0 Å². The third-order valence-corrected chi connectivity index (χ3v) is 3.00. The van der Waals surface area contributed by atoms with Gasteiger partial charge in [-0.1, -0.05) is 18.2 Å². The molecule has 0 aliphatic carbocycles. The number of benzene rings is 1. The topological polar surface area (TPSA) is 92.2 Å². The summed E-state index contributed by atoms with van der Waals surface area (Å²) < 4.78 is 7.55. The monoisotopic (exact) mass is 277 g/mol. The van der Waals surface area contributed by atoms with Gasteiger partial charge in [0, 0.05) is 6.54 Å². The highest BCUT2D eigenvalue weighted by molar-refractivity contribution is 6.99. The number of rotatable bonds is 5. The van der Waals surface area contributed by atoms with Crippen LogP contribution in [0.5, 0.6) is 0 Å². The largest absolute Gasteiger partial charge is 0.478 e. The molecule has 6 nitrogen and oxygen atoms in total. The number of aromatic nitrogens is 2. The molecule has 2 rings (SSSR count). The second-order valence-electron chi connectivity index (χ2n) is 3.76. The van der Waals surface area contributed by atoms with Crippen LogP contribution in [0.25, 0.3) is 0 Å². The van der Waals surface area contributed by atoms with Crippen LogP contribution in [-0.2, 0) is 6.42 Å². The van der Waals surface area contributed by atoms with Crippen LogP contribution >= 0.6 is 11.7 Å². The molecule has 1 heterocycles. The van der Waals surface area contributed by atoms with E-state index in [2.05, 4.69) is 14.1 Å². The fraction of sp³-hybridized carbons (Fsp3) is 0.167. The molecule has 0 saturated heterocycles. The molecule has 0 fully saturated rings. The normalized spacial score (nSPS) is 10.1. The van der Waals surface area contributed by atoms with E-state index in [1.165, 1.54) is 6.20 Å². The Morgan fingerprint density at radius 3 is 2.79 bits per heavy atom. The van der Waals surface area contributed by atoms with E-state index < -0.39 is 5.97 Å². The Balaban J connectivity index is 1.93. The van der Waals surface area contributed by atoms with Crippen molar-refractivity contribution in [1.82, 2.24) is 14.1 Å². The zero-order chi connectivity index (χ0) is 13.7. The molecule has 7 heteroatoms. The third kappa shape index (κ3) is 3.35. The Hall–Kier alpha value is -2.28. The Kier molecular flexibility index (Phi) is 4.19. The van der Waals surface area contributed by atoms with Crippen molar-refractivity contribution >= 4 is 23.6 Å². The van der Waals surface area contributed by atoms with E-state index in [1.54, 1.807) is 24.3 Å². The second kappa shape index (κ2) is 6.05. The molecule has 0 radical (unpaired) electrons. The van der Waals surface area contributed by atoms with Gasteiger partial charge in [-0.25, -0.2) is 4.79 Å². The van der Waals surface area contributed by atoms with Crippen molar-refractivity contribution in [2.24, 2.45) is 0 Å². The lowest BCUT2D eigenvalue weighted by Crippen LogP contribution is -2.26. The van der Waals surface area contributed by atoms with E-state index in [0.29, 0.717) is 18.5 Å². The number of amides is 1. The zero-order valence-electron chi connectivity index (χ0n) is 9.87. The van der Waals surface area contributed by atoms with Crippen LogP contribution in [0.1, 0.15) is 26.4 Å². The molecule has 1 aromatic heterocycles. The highest BCUT2D eigenvalue weighted by Gasteiger charge is 2.10. The van der Waals surface area contributed by atoms with Gasteiger partial charge in [0.15, 0.2) is 5.69 Å². The summed E-state index contributed by atoms with van der Waals surface area (Å²) in [7, 11) is 0. The van der Waals surface area contributed by atoms with Gasteiger partial charge in [0.05, 0.1) is 23.5 Å². The number of carboxylic acids is 1. The van der Waals surface area contributed by atoms with E-state index in [9.17, 15) is 9.59 Å². The van der Waals surface area contributed by atoms with Crippen molar-refractivity contribution in [3.63, 3.8) is 0 Å². The van der Waals surface area contributed by atoms with Crippen LogP contribution in [0.15, 0.2) is 30.5 Å². The van der Waals surface area contributed by atoms with Crippen molar-refractivity contribution in [2.75, 3.05) is 6.54 Å². The second-order valence-corrected chi connectivity index (χ2v) is 4.32. The van der Waals surface area contributed by atoms with Gasteiger partial charge >= 0.3 is 5.97 Å². The molecule has 1 aromatic carbocycles. The predicted molar refractivity (Wildman–Crippen MR) is 69.3 cm³/mol. The van der Waals surface area contributed by atoms with Crippen LogP contribution in [0.3, 0.4) is 0 Å². The lowest BCUT2D eigenvalue weighted by atomic mass is 10.0. The molecule has 98 valence electrons. The first-order valence-electron chi connectivity index (χ1n) is 5.55. The summed E-state index contributed by atoms with van der Waals surface area (Å²) in [6, 6.07) is 6.73. The van der Waals surface area contributed by atoms with Crippen molar-refractivity contribution in [3.05, 3.63) is 47.3 Å². The molecule has 2 N–H and O–H groups in total. The lowest BCUT2D eigenvalue weighted by Gasteiger charge is -2.06. The summed E-state index contributed by atoms with van der Waals surface area (Å²) in [6.07, 6.45) is 1.84. The number of carbonyl (C=O) groups is 2. The van der Waals surface area contributed by atoms with Crippen LogP contribution in [-0.4, -0.2) is 32.3 Å². The zero-order valence-corrected chi connectivity index (χ0v) is 10.7. The van der Waals surface area contributed by atoms with Gasteiger partial charge in [-0.2, -0.15) is 8.75 Å². The Morgan fingerprint density at radius 1 is 1.32 bits per heavy atom. The molecule has 19 heavy (non-hydrogen) atoms. The molecule has 0 atom stereocenters. The minimum absolute atomic E-state index is 0.257. The maximum Gasteiger partial charge on any atom is 0.335 e. The molecule has 0 spiro atoms. The fourth-order valence-corrected chi connectivity index (χ4v) is 2.03. The van der Waals surface area contributed by atoms with Gasteiger partial charge in [-0.3, -0.25) is 4.79 Å². The van der Waals surface area contributed by atoms with Crippen LogP contribution in [0.2, 0.25) is 0 Å². The minimum atomic E-state index is -0.967. The van der Waals surface area contributed by atoms with Crippen molar-refractivity contribution in [2.45, 2.75) is 6.42 Å². The molecule has 0 bridgehead atoms. The van der Waals surface area contributed by atoms with Gasteiger partial charge in [0.25, 0.3) is 5.91 Å². The number of nitrogens with zero attached hydrogens (tertiary/aromatic N) is 2. The summed E-state index contributed by atoms with van der Waals surface area (Å²) >= 11 is 0.966. The molecule has 1 amide bonds. The van der Waals surface area contributed by atoms with E-state index in [0.717, 1.165) is 11.7 Å². The van der Waals surface area contributed by atoms with E-state index in [1.807, 2.05) is 0 Å². The molecule has 2 aromatic rings. The van der Waals surface area contributed by atoms with Gasteiger partial charge in [-0.05, 0) is 18.1 Å². The number of hydrogen-bond acceptors (Lipinski definition) is 5. The summed E-state index contributed by atoms with van der Waals surface area (Å²) in [5.74, 6) is -1.27. The standard InChI is InChI=1S/C12H11N3O3S/c16-11(10-7-14-19-15-10)13-6-5-8-3-1-2-4-9(8)12(17)18/h1-4,7H,5-6H2,(H,13,16)(H,17,18). The molecular weight excluding hydrogens is 266 g/mol. The first-order valence-corrected chi connectivity index (χ1v) is 6.28. The first-order chi connectivity index (χ1) is 9.18. The SMILES string of the molecule is O=C(NCCc1ccccc1C(=O)O)c1cnsn1. The summed E-state index contributed by atoms with van der Waals surface area (Å²) in [4.78, 5) is 22.6. The Labute approximate surface area is 113 Å². The maximum absolute atomic E-state index is 11.6. The number of carbonyl (C=O) groups excluding carboxylic acids is 1. The van der Waals surface area contributed by atoms with Crippen molar-refractivity contribution < 1.29 is 14.7 Å². The number of aromatic carboxylic acids is 1. The van der Waals surface area contributed by atoms with E-state index in [-0.39, 0.29) is 17.2 Å². The highest BCUT2D eigenvalue weighted by atomic mass is 32.1. The van der Waals surface area contributed by atoms with E-state index >= 15 is 0 Å². The minimum Gasteiger partial charge on any atom is -0.478 e. The van der Waals surface area contributed by atoms with Gasteiger partial charge < -0.3 is 10.4 Å². The smallest absolute Gasteiger partial charge is 0.335 e. The lowest BCUT2D eigenvalue weighted by molar-refractivity contribution is 0.0695. The van der Waals surface area contributed by atoms with Crippen LogP contribution < -0.4 is 5.32 Å². The molecule has 0 saturated carbocycles. The highest BCUT2D eigenvalue weighted by Crippen LogP contribution is 2.09. The number of hydrogen-bond donors (Lipinski definition) is 2. The third-order valence-electron chi connectivity index (χ3n) is 2.52. The summed E-state index contributed by atoms with van der Waals surface area (Å²) in [5, 5.41) is 11.7. The molecular formula is C12H11N3O3S. The van der Waals surface area contributed by atoms with Gasteiger partial charge in [0.1, 0.15) is 0 Å². The molecule has 0 aliphatic rings. The quantitative estimate of drug-likeness (QED) is 0.857. The molecule has 0 aliphatic heterocycles. The van der Waals surface area contributed by atoms with Crippen molar-refractivity contribution in [3.8, 4) is 0 Å². The maximum atomic E-state index is 11.6. The Morgan fingerprint density at radius 2 is 2.11 bits per heavy atom. The summed E-state index contributed by atoms with van der Waals surface area (Å²) in [5.41, 5.74) is 1.22. The average Bonchev–Trinajstić information content (AvgIpc) is 2.93.